The number of nitrogens with one attached hydrogen (secondary N) is 1. The zero-order valence-electron chi connectivity index (χ0n) is 16.7. The molecule has 0 saturated heterocycles. The largest absolute Gasteiger partial charge is 0.490 e. The van der Waals surface area contributed by atoms with Crippen LogP contribution in [0.3, 0.4) is 0 Å². The molecule has 28 heavy (non-hydrogen) atoms. The lowest BCUT2D eigenvalue weighted by atomic mass is 10.2. The molecule has 0 spiro atoms. The van der Waals surface area contributed by atoms with Gasteiger partial charge in [0.05, 0.1) is 19.4 Å². The maximum absolute atomic E-state index is 11.9. The summed E-state index contributed by atoms with van der Waals surface area (Å²) >= 11 is 1.66. The Kier molecular flexibility index (Phi) is 9.42. The molecule has 0 heterocycles. The van der Waals surface area contributed by atoms with Crippen LogP contribution in [0.15, 0.2) is 52.5 Å². The fourth-order valence-electron chi connectivity index (χ4n) is 2.34. The van der Waals surface area contributed by atoms with Gasteiger partial charge in [0, 0.05) is 17.1 Å². The van der Waals surface area contributed by atoms with E-state index in [1.807, 2.05) is 25.1 Å². The molecule has 0 aliphatic rings. The summed E-state index contributed by atoms with van der Waals surface area (Å²) in [5, 5.41) is 4.04. The SMILES string of the molecule is CCCOc1ccc(/C=N\NC(=O)CCSc2ccc(C)cc2)cc1OCC. The van der Waals surface area contributed by atoms with Gasteiger partial charge in [0.1, 0.15) is 0 Å². The lowest BCUT2D eigenvalue weighted by Crippen LogP contribution is -2.17. The van der Waals surface area contributed by atoms with E-state index in [0.29, 0.717) is 31.1 Å². The Labute approximate surface area is 171 Å². The number of hydrazone groups is 1. The molecule has 2 aromatic rings. The Morgan fingerprint density at radius 3 is 2.61 bits per heavy atom. The number of benzene rings is 2. The molecule has 0 radical (unpaired) electrons. The summed E-state index contributed by atoms with van der Waals surface area (Å²) in [7, 11) is 0. The molecule has 5 nitrogen and oxygen atoms in total. The van der Waals surface area contributed by atoms with Crippen molar-refractivity contribution in [3.63, 3.8) is 0 Å². The highest BCUT2D eigenvalue weighted by Crippen LogP contribution is 2.28. The summed E-state index contributed by atoms with van der Waals surface area (Å²) in [5.41, 5.74) is 4.64. The Morgan fingerprint density at radius 2 is 1.89 bits per heavy atom. The first-order chi connectivity index (χ1) is 13.6. The minimum absolute atomic E-state index is 0.108. The quantitative estimate of drug-likeness (QED) is 0.334. The number of aryl methyl sites for hydroxylation is 1. The molecule has 150 valence electrons. The number of hydrogen-bond donors (Lipinski definition) is 1. The predicted molar refractivity (Wildman–Crippen MR) is 116 cm³/mol. The molecule has 0 fully saturated rings. The summed E-state index contributed by atoms with van der Waals surface area (Å²) in [6.45, 7) is 7.24. The van der Waals surface area contributed by atoms with Gasteiger partial charge in [0.2, 0.25) is 5.91 Å². The zero-order valence-corrected chi connectivity index (χ0v) is 17.6. The Bertz CT molecular complexity index is 776. The fraction of sp³-hybridized carbons (Fsp3) is 0.364. The Hall–Kier alpha value is -2.47. The normalized spacial score (nSPS) is 10.8. The van der Waals surface area contributed by atoms with Crippen LogP contribution >= 0.6 is 11.8 Å². The van der Waals surface area contributed by atoms with Crippen molar-refractivity contribution in [3.8, 4) is 11.5 Å². The first-order valence-electron chi connectivity index (χ1n) is 9.53. The van der Waals surface area contributed by atoms with E-state index in [0.717, 1.165) is 22.6 Å². The fourth-order valence-corrected chi connectivity index (χ4v) is 3.19. The number of hydrogen-bond acceptors (Lipinski definition) is 5. The minimum atomic E-state index is -0.108. The third-order valence-corrected chi connectivity index (χ3v) is 4.76. The van der Waals surface area contributed by atoms with Gasteiger partial charge in [-0.05, 0) is 56.2 Å². The molecule has 6 heteroatoms. The van der Waals surface area contributed by atoms with Crippen LogP contribution in [0.5, 0.6) is 11.5 Å². The second-order valence-electron chi connectivity index (χ2n) is 6.19. The Morgan fingerprint density at radius 1 is 1.11 bits per heavy atom. The molecule has 0 unspecified atom stereocenters. The molecular formula is C22H28N2O3S. The van der Waals surface area contributed by atoms with E-state index < -0.39 is 0 Å². The van der Waals surface area contributed by atoms with Crippen LogP contribution in [-0.4, -0.2) is 31.1 Å². The average Bonchev–Trinajstić information content (AvgIpc) is 2.69. The first kappa shape index (κ1) is 21.8. The van der Waals surface area contributed by atoms with Crippen molar-refractivity contribution in [2.75, 3.05) is 19.0 Å². The van der Waals surface area contributed by atoms with Gasteiger partial charge in [-0.25, -0.2) is 5.43 Å². The van der Waals surface area contributed by atoms with E-state index >= 15 is 0 Å². The smallest absolute Gasteiger partial charge is 0.240 e. The van der Waals surface area contributed by atoms with Gasteiger partial charge in [-0.3, -0.25) is 4.79 Å². The summed E-state index contributed by atoms with van der Waals surface area (Å²) in [4.78, 5) is 13.1. The number of ether oxygens (including phenoxy) is 2. The molecule has 0 bridgehead atoms. The maximum Gasteiger partial charge on any atom is 0.240 e. The minimum Gasteiger partial charge on any atom is -0.490 e. The number of carbonyl (C=O) groups excluding carboxylic acids is 1. The summed E-state index contributed by atoms with van der Waals surface area (Å²) in [5.74, 6) is 2.00. The van der Waals surface area contributed by atoms with Crippen molar-refractivity contribution in [2.45, 2.75) is 38.5 Å². The van der Waals surface area contributed by atoms with Crippen LogP contribution < -0.4 is 14.9 Å². The third-order valence-electron chi connectivity index (χ3n) is 3.75. The first-order valence-corrected chi connectivity index (χ1v) is 10.5. The molecule has 1 N–H and O–H groups in total. The molecule has 1 amide bonds. The van der Waals surface area contributed by atoms with Gasteiger partial charge in [0.25, 0.3) is 0 Å². The van der Waals surface area contributed by atoms with Crippen molar-refractivity contribution in [3.05, 3.63) is 53.6 Å². The third kappa shape index (κ3) is 7.64. The number of amides is 1. The van der Waals surface area contributed by atoms with Gasteiger partial charge in [-0.2, -0.15) is 5.10 Å². The molecule has 0 atom stereocenters. The molecule has 0 aliphatic heterocycles. The number of rotatable bonds is 11. The highest BCUT2D eigenvalue weighted by molar-refractivity contribution is 7.99. The van der Waals surface area contributed by atoms with Crippen molar-refractivity contribution in [1.82, 2.24) is 5.43 Å². The number of carbonyl (C=O) groups is 1. The molecule has 0 aliphatic carbocycles. The van der Waals surface area contributed by atoms with Gasteiger partial charge in [-0.15, -0.1) is 11.8 Å². The van der Waals surface area contributed by atoms with Crippen LogP contribution in [0, 0.1) is 6.92 Å². The number of thioether (sulfide) groups is 1. The second-order valence-corrected chi connectivity index (χ2v) is 7.36. The van der Waals surface area contributed by atoms with Crippen molar-refractivity contribution >= 4 is 23.9 Å². The van der Waals surface area contributed by atoms with E-state index in [4.69, 9.17) is 9.47 Å². The van der Waals surface area contributed by atoms with E-state index in [9.17, 15) is 4.79 Å². The van der Waals surface area contributed by atoms with Gasteiger partial charge >= 0.3 is 0 Å². The van der Waals surface area contributed by atoms with Gasteiger partial charge in [-0.1, -0.05) is 24.6 Å². The lowest BCUT2D eigenvalue weighted by Gasteiger charge is -2.11. The maximum atomic E-state index is 11.9. The van der Waals surface area contributed by atoms with E-state index in [2.05, 4.69) is 48.6 Å². The lowest BCUT2D eigenvalue weighted by molar-refractivity contribution is -0.120. The molecule has 0 aromatic heterocycles. The summed E-state index contributed by atoms with van der Waals surface area (Å²) in [6.07, 6.45) is 2.95. The molecule has 0 saturated carbocycles. The summed E-state index contributed by atoms with van der Waals surface area (Å²) in [6, 6.07) is 13.9. The Balaban J connectivity index is 1.81. The average molecular weight is 401 g/mol. The van der Waals surface area contributed by atoms with Gasteiger partial charge < -0.3 is 9.47 Å². The van der Waals surface area contributed by atoms with Crippen LogP contribution in [-0.2, 0) is 4.79 Å². The second kappa shape index (κ2) is 12.1. The van der Waals surface area contributed by atoms with Crippen molar-refractivity contribution < 1.29 is 14.3 Å². The molecule has 2 rings (SSSR count). The molecule has 2 aromatic carbocycles. The topological polar surface area (TPSA) is 59.9 Å². The van der Waals surface area contributed by atoms with E-state index in [1.54, 1.807) is 18.0 Å². The van der Waals surface area contributed by atoms with Crippen LogP contribution in [0.1, 0.15) is 37.8 Å². The van der Waals surface area contributed by atoms with E-state index in [1.165, 1.54) is 5.56 Å². The number of nitrogens with zero attached hydrogens (tertiary/aromatic N) is 1. The van der Waals surface area contributed by atoms with Crippen LogP contribution in [0.4, 0.5) is 0 Å². The highest BCUT2D eigenvalue weighted by Gasteiger charge is 2.06. The van der Waals surface area contributed by atoms with Crippen molar-refractivity contribution in [1.29, 1.82) is 0 Å². The standard InChI is InChI=1S/C22H28N2O3S/c1-4-13-27-20-11-8-18(15-21(20)26-5-2)16-23-24-22(25)12-14-28-19-9-6-17(3)7-10-19/h6-11,15-16H,4-5,12-14H2,1-3H3,(H,24,25)/b23-16-. The van der Waals surface area contributed by atoms with Crippen LogP contribution in [0.2, 0.25) is 0 Å². The zero-order chi connectivity index (χ0) is 20.2. The van der Waals surface area contributed by atoms with Crippen molar-refractivity contribution in [2.24, 2.45) is 5.10 Å². The highest BCUT2D eigenvalue weighted by atomic mass is 32.2. The summed E-state index contributed by atoms with van der Waals surface area (Å²) < 4.78 is 11.3. The monoisotopic (exact) mass is 400 g/mol. The van der Waals surface area contributed by atoms with E-state index in [-0.39, 0.29) is 5.91 Å². The van der Waals surface area contributed by atoms with Crippen LogP contribution in [0.25, 0.3) is 0 Å². The molecular weight excluding hydrogens is 372 g/mol. The van der Waals surface area contributed by atoms with Gasteiger partial charge in [0.15, 0.2) is 11.5 Å². The predicted octanol–water partition coefficient (Wildman–Crippen LogP) is 4.82.